The molecule has 0 bridgehead atoms. The fourth-order valence-electron chi connectivity index (χ4n) is 2.16. The highest BCUT2D eigenvalue weighted by atomic mass is 35.5. The molecule has 8 heteroatoms. The average Bonchev–Trinajstić information content (AvgIpc) is 2.88. The number of rotatable bonds is 3. The minimum atomic E-state index is -0.591. The van der Waals surface area contributed by atoms with Gasteiger partial charge in [-0.1, -0.05) is 35.3 Å². The van der Waals surface area contributed by atoms with Crippen molar-refractivity contribution in [1.29, 1.82) is 0 Å². The highest BCUT2D eigenvalue weighted by Gasteiger charge is 2.23. The number of amides is 1. The van der Waals surface area contributed by atoms with Crippen molar-refractivity contribution in [3.05, 3.63) is 79.4 Å². The molecule has 6 nitrogen and oxygen atoms in total. The summed E-state index contributed by atoms with van der Waals surface area (Å²) in [4.78, 5) is 26.6. The third-order valence-electron chi connectivity index (χ3n) is 3.27. The van der Waals surface area contributed by atoms with Crippen LogP contribution in [0.2, 0.25) is 10.0 Å². The average molecular weight is 362 g/mol. The van der Waals surface area contributed by atoms with Crippen molar-refractivity contribution in [2.24, 2.45) is 4.99 Å². The Morgan fingerprint density at radius 3 is 2.67 bits per heavy atom. The number of nitrogens with one attached hydrogen (secondary N) is 1. The van der Waals surface area contributed by atoms with Crippen LogP contribution in [0.1, 0.15) is 11.1 Å². The van der Waals surface area contributed by atoms with Crippen LogP contribution in [0, 0.1) is 10.1 Å². The zero-order valence-corrected chi connectivity index (χ0v) is 13.5. The molecule has 1 amide bonds. The van der Waals surface area contributed by atoms with Crippen LogP contribution in [0.5, 0.6) is 0 Å². The van der Waals surface area contributed by atoms with Crippen molar-refractivity contribution in [2.75, 3.05) is 0 Å². The topological polar surface area (TPSA) is 84.6 Å². The molecular weight excluding hydrogens is 353 g/mol. The number of aliphatic imine (C=N–C) groups is 1. The van der Waals surface area contributed by atoms with E-state index in [2.05, 4.69) is 10.3 Å². The van der Waals surface area contributed by atoms with E-state index in [4.69, 9.17) is 23.2 Å². The molecule has 3 rings (SSSR count). The van der Waals surface area contributed by atoms with Crippen LogP contribution in [0.3, 0.4) is 0 Å². The summed E-state index contributed by atoms with van der Waals surface area (Å²) in [7, 11) is 0. The summed E-state index contributed by atoms with van der Waals surface area (Å²) in [5.74, 6) is -0.171. The Balaban J connectivity index is 1.98. The van der Waals surface area contributed by atoms with Crippen LogP contribution >= 0.6 is 23.2 Å². The molecule has 0 aromatic heterocycles. The maximum Gasteiger partial charge on any atom is 0.288 e. The SMILES string of the molecule is O=C1NC(c2ccc(Cl)c([N+](=O)[O-])c2)=NC1=Cc1cccc(Cl)c1. The van der Waals surface area contributed by atoms with Gasteiger partial charge in [-0.25, -0.2) is 4.99 Å². The molecule has 0 atom stereocenters. The van der Waals surface area contributed by atoms with Gasteiger partial charge in [0, 0.05) is 16.7 Å². The van der Waals surface area contributed by atoms with Crippen molar-refractivity contribution in [2.45, 2.75) is 0 Å². The monoisotopic (exact) mass is 361 g/mol. The van der Waals surface area contributed by atoms with E-state index in [9.17, 15) is 14.9 Å². The van der Waals surface area contributed by atoms with Crippen LogP contribution in [0.15, 0.2) is 53.2 Å². The molecule has 0 spiro atoms. The van der Waals surface area contributed by atoms with Crippen LogP contribution in [0.4, 0.5) is 5.69 Å². The summed E-state index contributed by atoms with van der Waals surface area (Å²) in [5.41, 5.74) is 1.05. The summed E-state index contributed by atoms with van der Waals surface area (Å²) in [5, 5.41) is 14.1. The van der Waals surface area contributed by atoms with Gasteiger partial charge in [-0.2, -0.15) is 0 Å². The standard InChI is InChI=1S/C16H9Cl2N3O3/c17-11-3-1-2-9(6-11)7-13-16(22)20-15(19-13)10-4-5-12(18)14(8-10)21(23)24/h1-8H,(H,19,20,22). The molecule has 0 unspecified atom stereocenters. The number of hydrogen-bond acceptors (Lipinski definition) is 4. The number of nitro benzene ring substituents is 1. The van der Waals surface area contributed by atoms with Gasteiger partial charge in [0.15, 0.2) is 0 Å². The molecule has 0 saturated carbocycles. The van der Waals surface area contributed by atoms with E-state index in [1.54, 1.807) is 36.4 Å². The minimum absolute atomic E-state index is 0.0170. The molecule has 1 aliphatic heterocycles. The lowest BCUT2D eigenvalue weighted by molar-refractivity contribution is -0.384. The van der Waals surface area contributed by atoms with Gasteiger partial charge in [-0.05, 0) is 35.9 Å². The molecule has 1 aliphatic rings. The van der Waals surface area contributed by atoms with Gasteiger partial charge in [-0.15, -0.1) is 0 Å². The smallest absolute Gasteiger partial charge is 0.288 e. The van der Waals surface area contributed by atoms with E-state index in [0.717, 1.165) is 5.56 Å². The highest BCUT2D eigenvalue weighted by molar-refractivity contribution is 6.33. The molecule has 1 heterocycles. The highest BCUT2D eigenvalue weighted by Crippen LogP contribution is 2.26. The number of halogens is 2. The minimum Gasteiger partial charge on any atom is -0.305 e. The van der Waals surface area contributed by atoms with E-state index in [1.165, 1.54) is 12.1 Å². The van der Waals surface area contributed by atoms with Gasteiger partial charge >= 0.3 is 0 Å². The maximum atomic E-state index is 12.0. The largest absolute Gasteiger partial charge is 0.305 e. The summed E-state index contributed by atoms with van der Waals surface area (Å²) < 4.78 is 0. The number of benzene rings is 2. The lowest BCUT2D eigenvalue weighted by Crippen LogP contribution is -2.24. The van der Waals surface area contributed by atoms with Crippen LogP contribution in [-0.4, -0.2) is 16.7 Å². The second-order valence-electron chi connectivity index (χ2n) is 4.92. The normalized spacial score (nSPS) is 15.3. The van der Waals surface area contributed by atoms with Gasteiger partial charge in [0.1, 0.15) is 16.6 Å². The Labute approximate surface area is 146 Å². The van der Waals surface area contributed by atoms with Gasteiger partial charge < -0.3 is 5.32 Å². The Hall–Kier alpha value is -2.70. The predicted octanol–water partition coefficient (Wildman–Crippen LogP) is 3.82. The molecule has 120 valence electrons. The third kappa shape index (κ3) is 3.29. The van der Waals surface area contributed by atoms with Crippen molar-refractivity contribution < 1.29 is 9.72 Å². The zero-order valence-electron chi connectivity index (χ0n) is 12.0. The number of nitrogens with zero attached hydrogens (tertiary/aromatic N) is 2. The van der Waals surface area contributed by atoms with E-state index < -0.39 is 10.8 Å². The third-order valence-corrected chi connectivity index (χ3v) is 3.82. The number of carbonyl (C=O) groups is 1. The van der Waals surface area contributed by atoms with E-state index in [-0.39, 0.29) is 22.2 Å². The molecule has 0 fully saturated rings. The molecule has 0 radical (unpaired) electrons. The molecule has 0 aliphatic carbocycles. The predicted molar refractivity (Wildman–Crippen MR) is 92.2 cm³/mol. The molecule has 2 aromatic rings. The van der Waals surface area contributed by atoms with Crippen molar-refractivity contribution in [3.8, 4) is 0 Å². The van der Waals surface area contributed by atoms with Crippen LogP contribution in [0.25, 0.3) is 6.08 Å². The zero-order chi connectivity index (χ0) is 17.3. The number of carbonyl (C=O) groups excluding carboxylic acids is 1. The molecule has 2 aromatic carbocycles. The lowest BCUT2D eigenvalue weighted by atomic mass is 10.2. The maximum absolute atomic E-state index is 12.0. The van der Waals surface area contributed by atoms with Gasteiger partial charge in [0.25, 0.3) is 11.6 Å². The van der Waals surface area contributed by atoms with Crippen molar-refractivity contribution in [1.82, 2.24) is 5.32 Å². The van der Waals surface area contributed by atoms with Crippen molar-refractivity contribution >= 4 is 46.7 Å². The van der Waals surface area contributed by atoms with Crippen molar-refractivity contribution in [3.63, 3.8) is 0 Å². The Morgan fingerprint density at radius 2 is 1.96 bits per heavy atom. The summed E-state index contributed by atoms with van der Waals surface area (Å²) in [6.45, 7) is 0. The first-order chi connectivity index (χ1) is 11.4. The number of nitro groups is 1. The van der Waals surface area contributed by atoms with Crippen LogP contribution in [-0.2, 0) is 4.79 Å². The summed E-state index contributed by atoms with van der Waals surface area (Å²) in [6.07, 6.45) is 1.58. The Bertz CT molecular complexity index is 923. The fourth-order valence-corrected chi connectivity index (χ4v) is 2.54. The van der Waals surface area contributed by atoms with Gasteiger partial charge in [0.05, 0.1) is 4.92 Å². The number of amidine groups is 1. The quantitative estimate of drug-likeness (QED) is 0.512. The van der Waals surface area contributed by atoms with E-state index in [0.29, 0.717) is 10.6 Å². The molecular formula is C16H9Cl2N3O3. The first-order valence-electron chi connectivity index (χ1n) is 6.75. The lowest BCUT2D eigenvalue weighted by Gasteiger charge is -2.01. The van der Waals surface area contributed by atoms with Gasteiger partial charge in [0.2, 0.25) is 0 Å². The van der Waals surface area contributed by atoms with Gasteiger partial charge in [-0.3, -0.25) is 14.9 Å². The summed E-state index contributed by atoms with van der Waals surface area (Å²) >= 11 is 11.7. The second-order valence-corrected chi connectivity index (χ2v) is 5.77. The molecule has 24 heavy (non-hydrogen) atoms. The summed E-state index contributed by atoms with van der Waals surface area (Å²) in [6, 6.07) is 11.2. The van der Waals surface area contributed by atoms with E-state index >= 15 is 0 Å². The second kappa shape index (κ2) is 6.43. The fraction of sp³-hybridized carbons (Fsp3) is 0. The van der Waals surface area contributed by atoms with Crippen LogP contribution < -0.4 is 5.32 Å². The first kappa shape index (κ1) is 16.2. The molecule has 0 saturated heterocycles. The Morgan fingerprint density at radius 1 is 1.17 bits per heavy atom. The molecule has 1 N–H and O–H groups in total. The Kier molecular flexibility index (Phi) is 4.33. The van der Waals surface area contributed by atoms with E-state index in [1.807, 2.05) is 0 Å². The first-order valence-corrected chi connectivity index (χ1v) is 7.51. The number of hydrogen-bond donors (Lipinski definition) is 1.